The van der Waals surface area contributed by atoms with Crippen molar-refractivity contribution in [3.63, 3.8) is 0 Å². The Hall–Kier alpha value is -2.27. The summed E-state index contributed by atoms with van der Waals surface area (Å²) in [7, 11) is 1.78. The van der Waals surface area contributed by atoms with E-state index in [1.807, 2.05) is 0 Å². The largest absolute Gasteiger partial charge is 0.481 e. The molecule has 0 aromatic heterocycles. The van der Waals surface area contributed by atoms with Gasteiger partial charge in [0.15, 0.2) is 11.5 Å². The van der Waals surface area contributed by atoms with E-state index in [1.54, 1.807) is 28.3 Å². The molecule has 2 aromatic carbocycles. The van der Waals surface area contributed by atoms with Gasteiger partial charge in [0.25, 0.3) is 0 Å². The van der Waals surface area contributed by atoms with Crippen LogP contribution >= 0.6 is 9.24 Å². The Labute approximate surface area is 156 Å². The third-order valence-corrected chi connectivity index (χ3v) is 4.62. The van der Waals surface area contributed by atoms with Crippen LogP contribution in [0, 0.1) is 11.6 Å². The zero-order chi connectivity index (χ0) is 19.8. The molecule has 27 heavy (non-hydrogen) atoms. The maximum absolute atomic E-state index is 14.6. The average molecular weight is 398 g/mol. The molecule has 3 atom stereocenters. The van der Waals surface area contributed by atoms with E-state index in [4.69, 9.17) is 14.6 Å². The second-order valence-corrected chi connectivity index (χ2v) is 7.15. The van der Waals surface area contributed by atoms with Gasteiger partial charge in [-0.3, -0.25) is 4.79 Å². The van der Waals surface area contributed by atoms with Crippen molar-refractivity contribution in [2.75, 3.05) is 0 Å². The Balaban J connectivity index is 1.91. The number of hydrogen-bond acceptors (Lipinski definition) is 3. The first-order chi connectivity index (χ1) is 12.7. The van der Waals surface area contributed by atoms with E-state index in [-0.39, 0.29) is 29.0 Å². The van der Waals surface area contributed by atoms with Gasteiger partial charge in [0.05, 0.1) is 0 Å². The summed E-state index contributed by atoms with van der Waals surface area (Å²) in [4.78, 5) is 10.6. The Morgan fingerprint density at radius 1 is 1.26 bits per heavy atom. The van der Waals surface area contributed by atoms with Gasteiger partial charge in [0.2, 0.25) is 0 Å². The molecule has 0 spiro atoms. The van der Waals surface area contributed by atoms with Crippen LogP contribution in [0.3, 0.4) is 0 Å². The molecule has 0 saturated heterocycles. The van der Waals surface area contributed by atoms with Gasteiger partial charge in [-0.2, -0.15) is 4.39 Å². The van der Waals surface area contributed by atoms with Crippen LogP contribution in [0.5, 0.6) is 11.5 Å². The lowest BCUT2D eigenvalue weighted by Gasteiger charge is -2.16. The van der Waals surface area contributed by atoms with Crippen LogP contribution in [0.2, 0.25) is 0 Å². The SMILES string of the molecule is CC(CCCC(=O)O)c1c(F)cc(-c2cccc3c2OC(F)(P)O3)cc1F. The summed E-state index contributed by atoms with van der Waals surface area (Å²) in [6, 6.07) is 6.94. The third-order valence-electron chi connectivity index (χ3n) is 4.38. The van der Waals surface area contributed by atoms with Crippen LogP contribution in [-0.2, 0) is 4.79 Å². The van der Waals surface area contributed by atoms with Gasteiger partial charge in [-0.1, -0.05) is 19.1 Å². The van der Waals surface area contributed by atoms with Crippen LogP contribution in [-0.4, -0.2) is 16.9 Å². The van der Waals surface area contributed by atoms with Gasteiger partial charge in [0, 0.05) is 17.5 Å². The molecule has 0 amide bonds. The number of hydrogen-bond donors (Lipinski definition) is 1. The third kappa shape index (κ3) is 4.19. The Morgan fingerprint density at radius 2 is 1.93 bits per heavy atom. The number of carboxylic acid groups (broad SMARTS) is 1. The van der Waals surface area contributed by atoms with E-state index < -0.39 is 29.3 Å². The normalized spacial score (nSPS) is 19.1. The number of para-hydroxylation sites is 1. The molecule has 1 heterocycles. The molecule has 1 aliphatic rings. The van der Waals surface area contributed by atoms with Crippen molar-refractivity contribution in [1.82, 2.24) is 0 Å². The molecule has 0 saturated carbocycles. The molecule has 0 fully saturated rings. The highest BCUT2D eigenvalue weighted by atomic mass is 31.0. The maximum Gasteiger partial charge on any atom is 0.418 e. The first-order valence-electron chi connectivity index (χ1n) is 8.38. The van der Waals surface area contributed by atoms with Crippen molar-refractivity contribution < 1.29 is 32.5 Å². The molecular weight excluding hydrogens is 380 g/mol. The molecule has 144 valence electrons. The molecule has 4 nitrogen and oxygen atoms in total. The van der Waals surface area contributed by atoms with Crippen molar-refractivity contribution in [3.8, 4) is 22.6 Å². The smallest absolute Gasteiger partial charge is 0.418 e. The fraction of sp³-hybridized carbons (Fsp3) is 0.316. The fourth-order valence-corrected chi connectivity index (χ4v) is 3.40. The molecular formula is C19H18F3O4P. The zero-order valence-electron chi connectivity index (χ0n) is 14.5. The molecule has 0 radical (unpaired) electrons. The molecule has 0 bridgehead atoms. The number of carboxylic acids is 1. The Morgan fingerprint density at radius 3 is 2.56 bits per heavy atom. The minimum absolute atomic E-state index is 0.0564. The number of alkyl halides is 1. The highest BCUT2D eigenvalue weighted by molar-refractivity contribution is 7.18. The molecule has 1 aliphatic heterocycles. The monoisotopic (exact) mass is 398 g/mol. The topological polar surface area (TPSA) is 55.8 Å². The summed E-state index contributed by atoms with van der Waals surface area (Å²) < 4.78 is 53.3. The summed E-state index contributed by atoms with van der Waals surface area (Å²) in [6.45, 7) is 1.64. The van der Waals surface area contributed by atoms with E-state index in [2.05, 4.69) is 0 Å². The predicted molar refractivity (Wildman–Crippen MR) is 96.5 cm³/mol. The van der Waals surface area contributed by atoms with E-state index in [9.17, 15) is 18.0 Å². The van der Waals surface area contributed by atoms with E-state index >= 15 is 0 Å². The zero-order valence-corrected chi connectivity index (χ0v) is 15.6. The first kappa shape index (κ1) is 19.5. The minimum Gasteiger partial charge on any atom is -0.481 e. The van der Waals surface area contributed by atoms with E-state index in [0.717, 1.165) is 12.1 Å². The molecule has 3 rings (SSSR count). The van der Waals surface area contributed by atoms with Gasteiger partial charge in [-0.15, -0.1) is 0 Å². The van der Waals surface area contributed by atoms with Crippen LogP contribution in [0.1, 0.15) is 37.7 Å². The lowest BCUT2D eigenvalue weighted by molar-refractivity contribution is -0.137. The van der Waals surface area contributed by atoms with Crippen LogP contribution < -0.4 is 9.47 Å². The van der Waals surface area contributed by atoms with Crippen molar-refractivity contribution in [1.29, 1.82) is 0 Å². The summed E-state index contributed by atoms with van der Waals surface area (Å²) in [5.74, 6) is -5.15. The van der Waals surface area contributed by atoms with Crippen molar-refractivity contribution in [3.05, 3.63) is 47.5 Å². The molecule has 8 heteroatoms. The Kier molecular flexibility index (Phi) is 5.33. The lowest BCUT2D eigenvalue weighted by Crippen LogP contribution is -2.23. The highest BCUT2D eigenvalue weighted by Crippen LogP contribution is 2.48. The van der Waals surface area contributed by atoms with Gasteiger partial charge < -0.3 is 14.6 Å². The number of ether oxygens (including phenoxy) is 2. The van der Waals surface area contributed by atoms with E-state index in [0.29, 0.717) is 18.4 Å². The number of rotatable bonds is 6. The van der Waals surface area contributed by atoms with E-state index in [1.165, 1.54) is 6.07 Å². The van der Waals surface area contributed by atoms with Gasteiger partial charge in [0.1, 0.15) is 11.6 Å². The second-order valence-electron chi connectivity index (χ2n) is 6.46. The molecule has 1 N–H and O–H groups in total. The fourth-order valence-electron chi connectivity index (χ4n) is 3.15. The average Bonchev–Trinajstić information content (AvgIpc) is 2.87. The number of carbonyl (C=O) groups is 1. The predicted octanol–water partition coefficient (Wildman–Crippen LogP) is 5.22. The van der Waals surface area contributed by atoms with Gasteiger partial charge >= 0.3 is 11.8 Å². The number of aliphatic carboxylic acids is 1. The number of benzene rings is 2. The van der Waals surface area contributed by atoms with Crippen LogP contribution in [0.25, 0.3) is 11.1 Å². The maximum atomic E-state index is 14.6. The minimum atomic E-state index is -2.42. The van der Waals surface area contributed by atoms with Crippen molar-refractivity contribution in [2.24, 2.45) is 0 Å². The van der Waals surface area contributed by atoms with Crippen LogP contribution in [0.15, 0.2) is 30.3 Å². The first-order valence-corrected chi connectivity index (χ1v) is 8.95. The van der Waals surface area contributed by atoms with Gasteiger partial charge in [-0.25, -0.2) is 8.78 Å². The lowest BCUT2D eigenvalue weighted by atomic mass is 9.92. The van der Waals surface area contributed by atoms with Gasteiger partial charge in [-0.05, 0) is 51.8 Å². The summed E-state index contributed by atoms with van der Waals surface area (Å²) in [6.07, 6.45) is 0.606. The molecule has 0 aliphatic carbocycles. The summed E-state index contributed by atoms with van der Waals surface area (Å²) >= 11 is 0. The summed E-state index contributed by atoms with van der Waals surface area (Å²) in [5.41, 5.74) is 0.395. The molecule has 2 aromatic rings. The number of fused-ring (bicyclic) bond motifs is 1. The van der Waals surface area contributed by atoms with Crippen molar-refractivity contribution in [2.45, 2.75) is 37.9 Å². The summed E-state index contributed by atoms with van der Waals surface area (Å²) in [5, 5.41) is 8.68. The second kappa shape index (κ2) is 7.39. The highest BCUT2D eigenvalue weighted by Gasteiger charge is 2.38. The number of halogens is 3. The Bertz CT molecular complexity index is 862. The van der Waals surface area contributed by atoms with Crippen molar-refractivity contribution >= 4 is 15.2 Å². The molecule has 3 unspecified atom stereocenters. The quantitative estimate of drug-likeness (QED) is 0.678. The van der Waals surface area contributed by atoms with Crippen LogP contribution in [0.4, 0.5) is 13.2 Å². The standard InChI is InChI=1S/C19H18F3O4P/c1-10(4-2-7-16(23)24)17-13(20)8-11(9-14(17)21)12-5-3-6-15-18(12)26-19(22,27)25-15/h3,5-6,8-10H,2,4,7,27H2,1H3,(H,23,24).